The molecular weight excluding hydrogens is 292 g/mol. The SMILES string of the molecule is CCOc1ccc(S(=O)(=O)NCc2ncc[nH]2)cc1CN. The van der Waals surface area contributed by atoms with E-state index < -0.39 is 10.0 Å². The zero-order chi connectivity index (χ0) is 15.3. The van der Waals surface area contributed by atoms with Gasteiger partial charge in [0.15, 0.2) is 0 Å². The number of benzene rings is 1. The standard InChI is InChI=1S/C13H18N4O3S/c1-2-20-12-4-3-11(7-10(12)8-14)21(18,19)17-9-13-15-5-6-16-13/h3-7,17H,2,8-9,14H2,1H3,(H,15,16). The van der Waals surface area contributed by atoms with Crippen molar-refractivity contribution < 1.29 is 13.2 Å². The molecule has 0 aliphatic rings. The number of nitrogens with two attached hydrogens (primary N) is 1. The lowest BCUT2D eigenvalue weighted by molar-refractivity contribution is 0.336. The third-order valence-electron chi connectivity index (χ3n) is 2.85. The fourth-order valence-corrected chi connectivity index (χ4v) is 2.86. The van der Waals surface area contributed by atoms with Crippen molar-refractivity contribution in [3.05, 3.63) is 42.0 Å². The summed E-state index contributed by atoms with van der Waals surface area (Å²) in [6.07, 6.45) is 3.19. The average molecular weight is 310 g/mol. The molecule has 0 aliphatic heterocycles. The van der Waals surface area contributed by atoms with Crippen LogP contribution in [0, 0.1) is 0 Å². The maximum absolute atomic E-state index is 12.2. The maximum Gasteiger partial charge on any atom is 0.240 e. The van der Waals surface area contributed by atoms with Crippen LogP contribution >= 0.6 is 0 Å². The Bertz CT molecular complexity index is 683. The van der Waals surface area contributed by atoms with Crippen LogP contribution in [0.4, 0.5) is 0 Å². The Balaban J connectivity index is 2.19. The van der Waals surface area contributed by atoms with Crippen LogP contribution in [0.15, 0.2) is 35.5 Å². The normalized spacial score (nSPS) is 11.5. The lowest BCUT2D eigenvalue weighted by Crippen LogP contribution is -2.24. The monoisotopic (exact) mass is 310 g/mol. The van der Waals surface area contributed by atoms with E-state index in [4.69, 9.17) is 10.5 Å². The van der Waals surface area contributed by atoms with Gasteiger partial charge in [-0.1, -0.05) is 0 Å². The second-order valence-corrected chi connectivity index (χ2v) is 6.03. The van der Waals surface area contributed by atoms with E-state index in [1.165, 1.54) is 12.1 Å². The van der Waals surface area contributed by atoms with Gasteiger partial charge in [-0.25, -0.2) is 18.1 Å². The fraction of sp³-hybridized carbons (Fsp3) is 0.308. The third-order valence-corrected chi connectivity index (χ3v) is 4.25. The summed E-state index contributed by atoms with van der Waals surface area (Å²) in [5.41, 5.74) is 6.28. The van der Waals surface area contributed by atoms with E-state index in [1.54, 1.807) is 18.5 Å². The molecule has 2 rings (SSSR count). The maximum atomic E-state index is 12.2. The molecule has 0 amide bonds. The molecule has 0 fully saturated rings. The Morgan fingerprint density at radius 2 is 2.24 bits per heavy atom. The highest BCUT2D eigenvalue weighted by molar-refractivity contribution is 7.89. The summed E-state index contributed by atoms with van der Waals surface area (Å²) in [6, 6.07) is 4.64. The molecule has 21 heavy (non-hydrogen) atoms. The zero-order valence-corrected chi connectivity index (χ0v) is 12.5. The van der Waals surface area contributed by atoms with Gasteiger partial charge in [0.05, 0.1) is 18.0 Å². The molecule has 8 heteroatoms. The summed E-state index contributed by atoms with van der Waals surface area (Å²) in [5.74, 6) is 1.15. The van der Waals surface area contributed by atoms with Gasteiger partial charge in [-0.3, -0.25) is 0 Å². The molecule has 0 atom stereocenters. The number of sulfonamides is 1. The van der Waals surface area contributed by atoms with E-state index in [9.17, 15) is 8.42 Å². The Morgan fingerprint density at radius 3 is 2.86 bits per heavy atom. The van der Waals surface area contributed by atoms with Crippen LogP contribution < -0.4 is 15.2 Å². The van der Waals surface area contributed by atoms with E-state index in [1.807, 2.05) is 6.92 Å². The van der Waals surface area contributed by atoms with E-state index >= 15 is 0 Å². The minimum absolute atomic E-state index is 0.0977. The predicted octanol–water partition coefficient (Wildman–Crippen LogP) is 0.746. The quantitative estimate of drug-likeness (QED) is 0.699. The summed E-state index contributed by atoms with van der Waals surface area (Å²) in [7, 11) is -3.62. The molecule has 1 heterocycles. The fourth-order valence-electron chi connectivity index (χ4n) is 1.82. The van der Waals surface area contributed by atoms with Crippen LogP contribution in [0.2, 0.25) is 0 Å². The molecule has 0 spiro atoms. The first kappa shape index (κ1) is 15.5. The molecule has 2 aromatic rings. The van der Waals surface area contributed by atoms with Crippen molar-refractivity contribution in [1.82, 2.24) is 14.7 Å². The molecule has 114 valence electrons. The summed E-state index contributed by atoms with van der Waals surface area (Å²) < 4.78 is 32.3. The van der Waals surface area contributed by atoms with Crippen LogP contribution in [0.25, 0.3) is 0 Å². The Morgan fingerprint density at radius 1 is 1.43 bits per heavy atom. The number of aromatic nitrogens is 2. The van der Waals surface area contributed by atoms with Crippen LogP contribution in [-0.4, -0.2) is 25.0 Å². The second kappa shape index (κ2) is 6.70. The molecule has 1 aromatic carbocycles. The molecule has 0 unspecified atom stereocenters. The van der Waals surface area contributed by atoms with Gasteiger partial charge >= 0.3 is 0 Å². The summed E-state index contributed by atoms with van der Waals surface area (Å²) in [4.78, 5) is 6.95. The molecule has 0 bridgehead atoms. The molecule has 0 aliphatic carbocycles. The van der Waals surface area contributed by atoms with Crippen molar-refractivity contribution in [1.29, 1.82) is 0 Å². The van der Waals surface area contributed by atoms with Gasteiger partial charge in [-0.15, -0.1) is 0 Å². The van der Waals surface area contributed by atoms with Crippen LogP contribution in [0.5, 0.6) is 5.75 Å². The lowest BCUT2D eigenvalue weighted by atomic mass is 10.2. The Labute approximate surface area is 123 Å². The first-order chi connectivity index (χ1) is 10.1. The van der Waals surface area contributed by atoms with Gasteiger partial charge in [-0.05, 0) is 25.1 Å². The highest BCUT2D eigenvalue weighted by Crippen LogP contribution is 2.22. The highest BCUT2D eigenvalue weighted by Gasteiger charge is 2.16. The number of H-pyrrole nitrogens is 1. The summed E-state index contributed by atoms with van der Waals surface area (Å²) >= 11 is 0. The molecule has 4 N–H and O–H groups in total. The molecule has 0 saturated carbocycles. The zero-order valence-electron chi connectivity index (χ0n) is 11.7. The topological polar surface area (TPSA) is 110 Å². The highest BCUT2D eigenvalue weighted by atomic mass is 32.2. The van der Waals surface area contributed by atoms with Gasteiger partial charge in [0.25, 0.3) is 0 Å². The number of nitrogens with zero attached hydrogens (tertiary/aromatic N) is 1. The van der Waals surface area contributed by atoms with Crippen molar-refractivity contribution in [2.45, 2.75) is 24.9 Å². The minimum Gasteiger partial charge on any atom is -0.494 e. The summed E-state index contributed by atoms with van der Waals surface area (Å²) in [5, 5.41) is 0. The van der Waals surface area contributed by atoms with Crippen LogP contribution in [-0.2, 0) is 23.1 Å². The number of nitrogens with one attached hydrogen (secondary N) is 2. The number of aromatic amines is 1. The minimum atomic E-state index is -3.62. The smallest absolute Gasteiger partial charge is 0.240 e. The number of hydrogen-bond acceptors (Lipinski definition) is 5. The molecule has 7 nitrogen and oxygen atoms in total. The summed E-state index contributed by atoms with van der Waals surface area (Å²) in [6.45, 7) is 2.66. The first-order valence-electron chi connectivity index (χ1n) is 6.50. The lowest BCUT2D eigenvalue weighted by Gasteiger charge is -2.11. The van der Waals surface area contributed by atoms with E-state index in [0.717, 1.165) is 0 Å². The van der Waals surface area contributed by atoms with Crippen molar-refractivity contribution in [3.63, 3.8) is 0 Å². The first-order valence-corrected chi connectivity index (χ1v) is 7.99. The predicted molar refractivity (Wildman–Crippen MR) is 78.1 cm³/mol. The van der Waals surface area contributed by atoms with Crippen LogP contribution in [0.1, 0.15) is 18.3 Å². The third kappa shape index (κ3) is 3.81. The number of ether oxygens (including phenoxy) is 1. The van der Waals surface area contributed by atoms with Gasteiger partial charge in [0, 0.05) is 24.5 Å². The largest absolute Gasteiger partial charge is 0.494 e. The molecule has 1 aromatic heterocycles. The number of rotatable bonds is 7. The van der Waals surface area contributed by atoms with Gasteiger partial charge < -0.3 is 15.5 Å². The van der Waals surface area contributed by atoms with Gasteiger partial charge in [-0.2, -0.15) is 0 Å². The molecule has 0 radical (unpaired) electrons. The Kier molecular flexibility index (Phi) is 4.94. The van der Waals surface area contributed by atoms with Crippen LogP contribution in [0.3, 0.4) is 0 Å². The average Bonchev–Trinajstić information content (AvgIpc) is 2.99. The molecular formula is C13H18N4O3S. The van der Waals surface area contributed by atoms with E-state index in [-0.39, 0.29) is 18.0 Å². The van der Waals surface area contributed by atoms with Gasteiger partial charge in [0.1, 0.15) is 11.6 Å². The van der Waals surface area contributed by atoms with E-state index in [0.29, 0.717) is 23.7 Å². The number of imidazole rings is 1. The van der Waals surface area contributed by atoms with Crippen molar-refractivity contribution in [3.8, 4) is 5.75 Å². The van der Waals surface area contributed by atoms with E-state index in [2.05, 4.69) is 14.7 Å². The second-order valence-electron chi connectivity index (χ2n) is 4.27. The molecule has 0 saturated heterocycles. The van der Waals surface area contributed by atoms with Crippen molar-refractivity contribution in [2.24, 2.45) is 5.73 Å². The van der Waals surface area contributed by atoms with Crippen molar-refractivity contribution >= 4 is 10.0 Å². The Hall–Kier alpha value is -1.90. The van der Waals surface area contributed by atoms with Crippen molar-refractivity contribution in [2.75, 3.05) is 6.61 Å². The van der Waals surface area contributed by atoms with Gasteiger partial charge in [0.2, 0.25) is 10.0 Å². The number of hydrogen-bond donors (Lipinski definition) is 3.